The van der Waals surface area contributed by atoms with E-state index in [0.717, 1.165) is 0 Å². The zero-order valence-corrected chi connectivity index (χ0v) is 16.3. The molecule has 2 aromatic rings. The van der Waals surface area contributed by atoms with E-state index in [1.165, 1.54) is 12.3 Å². The first kappa shape index (κ1) is 20.1. The highest BCUT2D eigenvalue weighted by atomic mass is 35.5. The third kappa shape index (κ3) is 5.41. The van der Waals surface area contributed by atoms with Gasteiger partial charge in [0.2, 0.25) is 5.91 Å². The van der Waals surface area contributed by atoms with Crippen molar-refractivity contribution in [3.8, 4) is 11.5 Å². The molecule has 0 aliphatic carbocycles. The number of hydrogen-bond acceptors (Lipinski definition) is 5. The number of halogens is 2. The summed E-state index contributed by atoms with van der Waals surface area (Å²) < 4.78 is 11.1. The molecule has 1 heterocycles. The van der Waals surface area contributed by atoms with Crippen molar-refractivity contribution in [2.24, 2.45) is 0 Å². The smallest absolute Gasteiger partial charge is 0.247 e. The van der Waals surface area contributed by atoms with Crippen molar-refractivity contribution in [3.05, 3.63) is 40.5 Å². The minimum Gasteiger partial charge on any atom is -0.494 e. The summed E-state index contributed by atoms with van der Waals surface area (Å²) in [4.78, 5) is 16.5. The fourth-order valence-corrected chi connectivity index (χ4v) is 2.62. The van der Waals surface area contributed by atoms with E-state index in [0.29, 0.717) is 35.4 Å². The first-order chi connectivity index (χ1) is 12.4. The lowest BCUT2D eigenvalue weighted by Crippen LogP contribution is -2.32. The number of rotatable bonds is 8. The van der Waals surface area contributed by atoms with Crippen LogP contribution >= 0.6 is 23.2 Å². The van der Waals surface area contributed by atoms with Gasteiger partial charge in [0, 0.05) is 12.3 Å². The van der Waals surface area contributed by atoms with Crippen LogP contribution in [-0.2, 0) is 4.79 Å². The van der Waals surface area contributed by atoms with Gasteiger partial charge in [-0.15, -0.1) is 0 Å². The Morgan fingerprint density at radius 3 is 2.58 bits per heavy atom. The second-order valence-corrected chi connectivity index (χ2v) is 6.21. The van der Waals surface area contributed by atoms with Gasteiger partial charge in [-0.25, -0.2) is 4.98 Å². The highest BCUT2D eigenvalue weighted by molar-refractivity contribution is 6.36. The fraction of sp³-hybridized carbons (Fsp3) is 0.333. The largest absolute Gasteiger partial charge is 0.494 e. The molecule has 140 valence electrons. The van der Waals surface area contributed by atoms with E-state index in [1.807, 2.05) is 19.9 Å². The molecule has 0 fully saturated rings. The van der Waals surface area contributed by atoms with Gasteiger partial charge in [-0.1, -0.05) is 23.2 Å². The van der Waals surface area contributed by atoms with Crippen molar-refractivity contribution >= 4 is 40.6 Å². The summed E-state index contributed by atoms with van der Waals surface area (Å²) in [5.41, 5.74) is 0.663. The molecule has 1 aromatic heterocycles. The van der Waals surface area contributed by atoms with E-state index < -0.39 is 6.04 Å². The topological polar surface area (TPSA) is 72.5 Å². The van der Waals surface area contributed by atoms with Crippen molar-refractivity contribution in [2.45, 2.75) is 26.8 Å². The normalized spacial score (nSPS) is 11.6. The van der Waals surface area contributed by atoms with Gasteiger partial charge in [-0.3, -0.25) is 4.79 Å². The van der Waals surface area contributed by atoms with Gasteiger partial charge in [0.15, 0.2) is 5.82 Å². The maximum Gasteiger partial charge on any atom is 0.247 e. The Balaban J connectivity index is 2.13. The summed E-state index contributed by atoms with van der Waals surface area (Å²) in [6.07, 6.45) is 1.42. The third-order valence-electron chi connectivity index (χ3n) is 3.38. The molecular formula is C18H21Cl2N3O3. The van der Waals surface area contributed by atoms with Crippen LogP contribution in [0.3, 0.4) is 0 Å². The molecule has 0 bridgehead atoms. The lowest BCUT2D eigenvalue weighted by Gasteiger charge is -2.19. The van der Waals surface area contributed by atoms with Crippen LogP contribution in [0.25, 0.3) is 0 Å². The maximum atomic E-state index is 12.5. The van der Waals surface area contributed by atoms with Crippen LogP contribution in [0.15, 0.2) is 30.5 Å². The van der Waals surface area contributed by atoms with Crippen LogP contribution in [-0.4, -0.2) is 30.1 Å². The summed E-state index contributed by atoms with van der Waals surface area (Å²) in [7, 11) is 0. The number of pyridine rings is 1. The summed E-state index contributed by atoms with van der Waals surface area (Å²) >= 11 is 11.9. The molecule has 0 radical (unpaired) electrons. The van der Waals surface area contributed by atoms with Gasteiger partial charge in [0.1, 0.15) is 17.5 Å². The number of nitrogens with zero attached hydrogens (tertiary/aromatic N) is 1. The number of benzene rings is 1. The van der Waals surface area contributed by atoms with E-state index >= 15 is 0 Å². The Kier molecular flexibility index (Phi) is 7.36. The Morgan fingerprint density at radius 2 is 1.92 bits per heavy atom. The molecule has 8 heteroatoms. The van der Waals surface area contributed by atoms with Crippen LogP contribution < -0.4 is 20.1 Å². The van der Waals surface area contributed by atoms with E-state index in [-0.39, 0.29) is 16.7 Å². The fourth-order valence-electron chi connectivity index (χ4n) is 2.19. The number of aromatic nitrogens is 1. The Morgan fingerprint density at radius 1 is 1.19 bits per heavy atom. The molecule has 6 nitrogen and oxygen atoms in total. The number of carbonyl (C=O) groups excluding carboxylic acids is 1. The van der Waals surface area contributed by atoms with Crippen molar-refractivity contribution in [3.63, 3.8) is 0 Å². The lowest BCUT2D eigenvalue weighted by atomic mass is 10.2. The monoisotopic (exact) mass is 397 g/mol. The molecule has 0 aliphatic rings. The lowest BCUT2D eigenvalue weighted by molar-refractivity contribution is -0.116. The molecular weight excluding hydrogens is 377 g/mol. The zero-order valence-electron chi connectivity index (χ0n) is 14.8. The molecule has 1 amide bonds. The number of nitrogens with one attached hydrogen (secondary N) is 2. The molecule has 0 saturated heterocycles. The summed E-state index contributed by atoms with van der Waals surface area (Å²) in [6.45, 7) is 6.58. The molecule has 0 aliphatic heterocycles. The number of anilines is 2. The Labute approximate surface area is 162 Å². The van der Waals surface area contributed by atoms with E-state index in [2.05, 4.69) is 15.6 Å². The van der Waals surface area contributed by atoms with Gasteiger partial charge in [-0.05, 0) is 39.0 Å². The van der Waals surface area contributed by atoms with E-state index in [1.54, 1.807) is 19.1 Å². The molecule has 1 atom stereocenters. The standard InChI is InChI=1S/C18H21Cl2N3O3/c1-4-25-13-6-7-16(26-5-2)15(9-13)22-11(3)18(24)23-17-14(20)8-12(19)10-21-17/h6-11,22H,4-5H2,1-3H3,(H,21,23,24). The molecule has 0 saturated carbocycles. The Bertz CT molecular complexity index is 771. The minimum atomic E-state index is -0.570. The van der Waals surface area contributed by atoms with Crippen molar-refractivity contribution in [2.75, 3.05) is 23.8 Å². The first-order valence-electron chi connectivity index (χ1n) is 8.22. The highest BCUT2D eigenvalue weighted by Gasteiger charge is 2.17. The molecule has 26 heavy (non-hydrogen) atoms. The predicted octanol–water partition coefficient (Wildman–Crippen LogP) is 4.62. The second-order valence-electron chi connectivity index (χ2n) is 5.36. The van der Waals surface area contributed by atoms with E-state index in [9.17, 15) is 4.79 Å². The van der Waals surface area contributed by atoms with Crippen LogP contribution in [0.5, 0.6) is 11.5 Å². The number of ether oxygens (including phenoxy) is 2. The van der Waals surface area contributed by atoms with Crippen LogP contribution in [0.4, 0.5) is 11.5 Å². The average molecular weight is 398 g/mol. The number of amides is 1. The summed E-state index contributed by atoms with van der Waals surface area (Å²) in [5.74, 6) is 1.28. The van der Waals surface area contributed by atoms with Crippen LogP contribution in [0.1, 0.15) is 20.8 Å². The molecule has 1 unspecified atom stereocenters. The van der Waals surface area contributed by atoms with E-state index in [4.69, 9.17) is 32.7 Å². The maximum absolute atomic E-state index is 12.5. The molecule has 1 aromatic carbocycles. The van der Waals surface area contributed by atoms with Crippen LogP contribution in [0.2, 0.25) is 10.0 Å². The molecule has 2 rings (SSSR count). The van der Waals surface area contributed by atoms with Gasteiger partial charge >= 0.3 is 0 Å². The molecule has 0 spiro atoms. The van der Waals surface area contributed by atoms with Gasteiger partial charge < -0.3 is 20.1 Å². The zero-order chi connectivity index (χ0) is 19.1. The summed E-state index contributed by atoms with van der Waals surface area (Å²) in [5, 5.41) is 6.47. The molecule has 2 N–H and O–H groups in total. The van der Waals surface area contributed by atoms with Gasteiger partial charge in [0.25, 0.3) is 0 Å². The van der Waals surface area contributed by atoms with Crippen molar-refractivity contribution < 1.29 is 14.3 Å². The second kappa shape index (κ2) is 9.50. The highest BCUT2D eigenvalue weighted by Crippen LogP contribution is 2.30. The third-order valence-corrected chi connectivity index (χ3v) is 3.87. The van der Waals surface area contributed by atoms with Gasteiger partial charge in [-0.2, -0.15) is 0 Å². The quantitative estimate of drug-likeness (QED) is 0.679. The van der Waals surface area contributed by atoms with Crippen molar-refractivity contribution in [1.82, 2.24) is 4.98 Å². The predicted molar refractivity (Wildman–Crippen MR) is 105 cm³/mol. The SMILES string of the molecule is CCOc1ccc(OCC)c(NC(C)C(=O)Nc2ncc(Cl)cc2Cl)c1. The summed E-state index contributed by atoms with van der Waals surface area (Å²) in [6, 6.07) is 6.37. The Hall–Kier alpha value is -2.18. The first-order valence-corrected chi connectivity index (χ1v) is 8.98. The van der Waals surface area contributed by atoms with Crippen molar-refractivity contribution in [1.29, 1.82) is 0 Å². The van der Waals surface area contributed by atoms with Gasteiger partial charge in [0.05, 0.1) is 28.9 Å². The number of carbonyl (C=O) groups is 1. The number of hydrogen-bond donors (Lipinski definition) is 2. The van der Waals surface area contributed by atoms with Crippen LogP contribution in [0, 0.1) is 0 Å². The minimum absolute atomic E-state index is 0.253. The average Bonchev–Trinajstić information content (AvgIpc) is 2.60.